The molecule has 7 heteroatoms. The lowest BCUT2D eigenvalue weighted by Crippen LogP contribution is -2.25. The number of nitrogens with one attached hydrogen (secondary N) is 2. The van der Waals surface area contributed by atoms with Crippen LogP contribution >= 0.6 is 11.8 Å². The van der Waals surface area contributed by atoms with E-state index in [1.54, 1.807) is 0 Å². The molecule has 1 aliphatic heterocycles. The Morgan fingerprint density at radius 3 is 2.68 bits per heavy atom. The molecule has 1 aliphatic rings. The molecule has 1 saturated heterocycles. The van der Waals surface area contributed by atoms with Crippen molar-refractivity contribution in [1.29, 1.82) is 0 Å². The largest absolute Gasteiger partial charge is 0.489 e. The van der Waals surface area contributed by atoms with Gasteiger partial charge in [0.2, 0.25) is 5.91 Å². The lowest BCUT2D eigenvalue weighted by atomic mass is 10.2. The van der Waals surface area contributed by atoms with Gasteiger partial charge >= 0.3 is 0 Å². The highest BCUT2D eigenvalue weighted by Crippen LogP contribution is 2.27. The number of nitrogens with zero attached hydrogens (tertiary/aromatic N) is 1. The van der Waals surface area contributed by atoms with Crippen LogP contribution in [0.3, 0.4) is 0 Å². The van der Waals surface area contributed by atoms with Crippen molar-refractivity contribution in [2.45, 2.75) is 18.3 Å². The normalized spacial score (nSPS) is 16.4. The minimum atomic E-state index is -0.376. The van der Waals surface area contributed by atoms with Crippen LogP contribution in [-0.2, 0) is 17.8 Å². The number of amides is 2. The first-order valence-corrected chi connectivity index (χ1v) is 9.89. The number of hydrogen-bond acceptors (Lipinski definition) is 5. The van der Waals surface area contributed by atoms with E-state index in [4.69, 9.17) is 4.74 Å². The number of H-pyrrole nitrogens is 1. The quantitative estimate of drug-likeness (QED) is 0.666. The molecule has 2 amide bonds. The van der Waals surface area contributed by atoms with Gasteiger partial charge in [-0.2, -0.15) is 0 Å². The number of imide groups is 1. The predicted molar refractivity (Wildman–Crippen MR) is 112 cm³/mol. The number of fused-ring (bicyclic) bond motifs is 1. The van der Waals surface area contributed by atoms with Gasteiger partial charge in [0.15, 0.2) is 0 Å². The molecule has 144 valence electrons. The highest BCUT2D eigenvalue weighted by atomic mass is 32.2. The van der Waals surface area contributed by atoms with Crippen LogP contribution in [0.5, 0.6) is 5.75 Å². The number of aromatic amines is 1. The van der Waals surface area contributed by atoms with E-state index in [1.165, 1.54) is 0 Å². The van der Waals surface area contributed by atoms with Crippen LogP contribution in [0.25, 0.3) is 10.9 Å². The van der Waals surface area contributed by atoms with Crippen molar-refractivity contribution in [1.82, 2.24) is 10.3 Å². The Labute approximate surface area is 167 Å². The molecule has 0 bridgehead atoms. The summed E-state index contributed by atoms with van der Waals surface area (Å²) < 4.78 is 6.01. The van der Waals surface area contributed by atoms with Gasteiger partial charge in [-0.05, 0) is 30.3 Å². The summed E-state index contributed by atoms with van der Waals surface area (Å²) in [5.74, 6) is 0.562. The maximum absolute atomic E-state index is 11.8. The van der Waals surface area contributed by atoms with Crippen LogP contribution < -0.4 is 15.0 Å². The molecule has 0 saturated carbocycles. The van der Waals surface area contributed by atoms with E-state index in [0.717, 1.165) is 45.4 Å². The first-order chi connectivity index (χ1) is 13.5. The second-order valence-corrected chi connectivity index (χ2v) is 8.12. The van der Waals surface area contributed by atoms with Crippen LogP contribution in [0.4, 0.5) is 10.5 Å². The van der Waals surface area contributed by atoms with Crippen molar-refractivity contribution in [3.8, 4) is 5.75 Å². The molecule has 1 atom stereocenters. The summed E-state index contributed by atoms with van der Waals surface area (Å²) in [6, 6.07) is 16.1. The summed E-state index contributed by atoms with van der Waals surface area (Å²) in [5, 5.41) is 2.69. The summed E-state index contributed by atoms with van der Waals surface area (Å²) in [7, 11) is 4.03. The third kappa shape index (κ3) is 3.84. The van der Waals surface area contributed by atoms with Crippen molar-refractivity contribution in [2.75, 3.05) is 19.0 Å². The summed E-state index contributed by atoms with van der Waals surface area (Å²) >= 11 is 1.04. The van der Waals surface area contributed by atoms with Crippen LogP contribution in [0.15, 0.2) is 48.5 Å². The Morgan fingerprint density at radius 2 is 1.93 bits per heavy atom. The van der Waals surface area contributed by atoms with E-state index in [-0.39, 0.29) is 16.4 Å². The number of aromatic nitrogens is 1. The number of rotatable bonds is 6. The van der Waals surface area contributed by atoms with Crippen LogP contribution in [0, 0.1) is 0 Å². The number of hydrogen-bond donors (Lipinski definition) is 2. The van der Waals surface area contributed by atoms with Gasteiger partial charge in [0.1, 0.15) is 12.4 Å². The second kappa shape index (κ2) is 7.59. The van der Waals surface area contributed by atoms with E-state index in [0.29, 0.717) is 13.0 Å². The number of anilines is 1. The molecule has 1 unspecified atom stereocenters. The molecule has 0 aliphatic carbocycles. The van der Waals surface area contributed by atoms with Gasteiger partial charge in [-0.3, -0.25) is 14.9 Å². The van der Waals surface area contributed by atoms with Gasteiger partial charge < -0.3 is 14.6 Å². The number of ether oxygens (including phenoxy) is 1. The topological polar surface area (TPSA) is 74.4 Å². The summed E-state index contributed by atoms with van der Waals surface area (Å²) in [5.41, 5.74) is 4.16. The molecular formula is C21H21N3O3S. The van der Waals surface area contributed by atoms with Gasteiger partial charge in [0.25, 0.3) is 5.24 Å². The number of benzene rings is 2. The fourth-order valence-electron chi connectivity index (χ4n) is 3.33. The molecule has 2 aromatic carbocycles. The minimum absolute atomic E-state index is 0.225. The Morgan fingerprint density at radius 1 is 1.11 bits per heavy atom. The van der Waals surface area contributed by atoms with Crippen molar-refractivity contribution in [3.05, 3.63) is 59.8 Å². The molecule has 4 rings (SSSR count). The third-order valence-corrected chi connectivity index (χ3v) is 5.67. The second-order valence-electron chi connectivity index (χ2n) is 6.94. The molecular weight excluding hydrogens is 374 g/mol. The zero-order valence-corrected chi connectivity index (χ0v) is 16.5. The lowest BCUT2D eigenvalue weighted by Gasteiger charge is -2.17. The first kappa shape index (κ1) is 18.4. The Bertz CT molecular complexity index is 1040. The van der Waals surface area contributed by atoms with Gasteiger partial charge in [-0.1, -0.05) is 30.0 Å². The summed E-state index contributed by atoms with van der Waals surface area (Å²) in [6.45, 7) is 0.484. The third-order valence-electron chi connectivity index (χ3n) is 4.69. The van der Waals surface area contributed by atoms with E-state index in [1.807, 2.05) is 50.5 Å². The van der Waals surface area contributed by atoms with E-state index in [9.17, 15) is 9.59 Å². The monoisotopic (exact) mass is 395 g/mol. The highest BCUT2D eigenvalue weighted by Gasteiger charge is 2.31. The number of carbonyl (C=O) groups is 2. The molecule has 28 heavy (non-hydrogen) atoms. The summed E-state index contributed by atoms with van der Waals surface area (Å²) in [6.07, 6.45) is 0.489. The molecule has 0 spiro atoms. The maximum Gasteiger partial charge on any atom is 0.286 e. The minimum Gasteiger partial charge on any atom is -0.489 e. The van der Waals surface area contributed by atoms with Crippen LogP contribution in [0.1, 0.15) is 11.3 Å². The maximum atomic E-state index is 11.8. The lowest BCUT2D eigenvalue weighted by molar-refractivity contribution is -0.118. The van der Waals surface area contributed by atoms with Gasteiger partial charge in [0.05, 0.1) is 5.25 Å². The average Bonchev–Trinajstić information content (AvgIpc) is 3.21. The molecule has 2 N–H and O–H groups in total. The Kier molecular flexibility index (Phi) is 5.00. The fraction of sp³-hybridized carbons (Fsp3) is 0.238. The average molecular weight is 395 g/mol. The first-order valence-electron chi connectivity index (χ1n) is 9.01. The number of carbonyl (C=O) groups excluding carboxylic acids is 2. The molecule has 3 aromatic rings. The Hall–Kier alpha value is -2.93. The number of para-hydroxylation sites is 1. The molecule has 1 fully saturated rings. The zero-order valence-electron chi connectivity index (χ0n) is 15.7. The van der Waals surface area contributed by atoms with Crippen molar-refractivity contribution < 1.29 is 14.3 Å². The van der Waals surface area contributed by atoms with E-state index >= 15 is 0 Å². The van der Waals surface area contributed by atoms with E-state index in [2.05, 4.69) is 27.3 Å². The summed E-state index contributed by atoms with van der Waals surface area (Å²) in [4.78, 5) is 28.5. The fourth-order valence-corrected chi connectivity index (χ4v) is 4.17. The van der Waals surface area contributed by atoms with Gasteiger partial charge in [-0.25, -0.2) is 0 Å². The molecule has 0 radical (unpaired) electrons. The zero-order chi connectivity index (χ0) is 19.7. The highest BCUT2D eigenvalue weighted by molar-refractivity contribution is 8.15. The molecule has 6 nitrogen and oxygen atoms in total. The SMILES string of the molecule is CN(C)c1ccccc1COc1ccc2[nH]c(CC3SC(=O)NC3=O)cc2c1. The van der Waals surface area contributed by atoms with Gasteiger partial charge in [-0.15, -0.1) is 0 Å². The smallest absolute Gasteiger partial charge is 0.286 e. The van der Waals surface area contributed by atoms with E-state index < -0.39 is 0 Å². The van der Waals surface area contributed by atoms with Crippen LogP contribution in [-0.4, -0.2) is 35.5 Å². The van der Waals surface area contributed by atoms with Crippen molar-refractivity contribution in [3.63, 3.8) is 0 Å². The van der Waals surface area contributed by atoms with Crippen molar-refractivity contribution >= 4 is 39.5 Å². The predicted octanol–water partition coefficient (Wildman–Crippen LogP) is 3.71. The standard InChI is InChI=1S/C21H21N3O3S/c1-24(2)18-6-4-3-5-13(18)12-27-16-7-8-17-14(10-16)9-15(22-17)11-19-20(25)23-21(26)28-19/h3-10,19,22H,11-12H2,1-2H3,(H,23,25,26). The van der Waals surface area contributed by atoms with Crippen LogP contribution in [0.2, 0.25) is 0 Å². The molecule has 2 heterocycles. The number of thioether (sulfide) groups is 1. The molecule has 1 aromatic heterocycles. The van der Waals surface area contributed by atoms with Crippen molar-refractivity contribution in [2.24, 2.45) is 0 Å². The Balaban J connectivity index is 1.48. The van der Waals surface area contributed by atoms with Gasteiger partial charge in [0, 0.05) is 48.4 Å².